The summed E-state index contributed by atoms with van der Waals surface area (Å²) in [6.45, 7) is 3.02. The van der Waals surface area contributed by atoms with Crippen LogP contribution < -0.4 is 4.74 Å². The van der Waals surface area contributed by atoms with Gasteiger partial charge in [0.2, 0.25) is 5.91 Å². The van der Waals surface area contributed by atoms with E-state index in [0.29, 0.717) is 29.7 Å². The van der Waals surface area contributed by atoms with Crippen LogP contribution in [0.4, 0.5) is 4.39 Å². The first-order valence-corrected chi connectivity index (χ1v) is 12.7. The van der Waals surface area contributed by atoms with Gasteiger partial charge in [-0.15, -0.1) is 0 Å². The fourth-order valence-electron chi connectivity index (χ4n) is 6.29. The molecule has 2 aliphatic heterocycles. The molecule has 3 aliphatic rings. The number of ether oxygens (including phenoxy) is 1. The van der Waals surface area contributed by atoms with E-state index in [0.717, 1.165) is 61.2 Å². The second-order valence-electron chi connectivity index (χ2n) is 10.2. The molecule has 4 heterocycles. The number of aliphatic hydroxyl groups excluding tert-OH is 1. The number of hydrogen-bond acceptors (Lipinski definition) is 5. The van der Waals surface area contributed by atoms with Crippen LogP contribution in [0.2, 0.25) is 0 Å². The summed E-state index contributed by atoms with van der Waals surface area (Å²) in [6, 6.07) is 8.54. The lowest BCUT2D eigenvalue weighted by molar-refractivity contribution is -0.133. The van der Waals surface area contributed by atoms with E-state index >= 15 is 0 Å². The van der Waals surface area contributed by atoms with E-state index in [1.165, 1.54) is 17.7 Å². The number of methoxy groups -OCH3 is 1. The third-order valence-corrected chi connectivity index (χ3v) is 8.06. The van der Waals surface area contributed by atoms with Crippen molar-refractivity contribution in [1.82, 2.24) is 19.8 Å². The fourth-order valence-corrected chi connectivity index (χ4v) is 6.29. The van der Waals surface area contributed by atoms with Gasteiger partial charge in [-0.05, 0) is 72.6 Å². The van der Waals surface area contributed by atoms with Crippen molar-refractivity contribution in [3.05, 3.63) is 54.1 Å². The summed E-state index contributed by atoms with van der Waals surface area (Å²) in [5.74, 6) is 1.36. The highest BCUT2D eigenvalue weighted by Crippen LogP contribution is 2.42. The van der Waals surface area contributed by atoms with Crippen molar-refractivity contribution in [2.45, 2.75) is 25.3 Å². The summed E-state index contributed by atoms with van der Waals surface area (Å²) in [6.07, 6.45) is 6.89. The third-order valence-electron chi connectivity index (χ3n) is 8.06. The minimum absolute atomic E-state index is 0.0149. The second kappa shape index (κ2) is 9.33. The Morgan fingerprint density at radius 3 is 2.94 bits per heavy atom. The van der Waals surface area contributed by atoms with Crippen LogP contribution in [0.15, 0.2) is 42.6 Å². The molecule has 1 amide bonds. The molecule has 0 spiro atoms. The fraction of sp³-hybridized carbons (Fsp3) is 0.429. The number of aromatic nitrogens is 2. The number of pyridine rings is 1. The summed E-state index contributed by atoms with van der Waals surface area (Å²) in [7, 11) is 1.59. The molecule has 188 valence electrons. The molecule has 0 radical (unpaired) electrons. The average Bonchev–Trinajstić information content (AvgIpc) is 3.65. The number of likely N-dealkylation sites (tertiary alicyclic amines) is 2. The van der Waals surface area contributed by atoms with E-state index in [-0.39, 0.29) is 24.4 Å². The number of carbonyl (C=O) groups excluding carboxylic acids is 1. The summed E-state index contributed by atoms with van der Waals surface area (Å²) in [5.41, 5.74) is 4.66. The Bertz CT molecular complexity index is 1340. The van der Waals surface area contributed by atoms with Crippen LogP contribution >= 0.6 is 0 Å². The number of allylic oxidation sites excluding steroid dienone is 1. The predicted octanol–water partition coefficient (Wildman–Crippen LogP) is 3.70. The van der Waals surface area contributed by atoms with Crippen molar-refractivity contribution in [2.24, 2.45) is 11.8 Å². The van der Waals surface area contributed by atoms with E-state index in [1.807, 2.05) is 11.0 Å². The van der Waals surface area contributed by atoms with Gasteiger partial charge in [-0.2, -0.15) is 0 Å². The zero-order valence-electron chi connectivity index (χ0n) is 20.4. The standard InChI is InChI=1S/C28H31FN4O3/c1-36-26-5-4-20(29)11-23(26)22-6-7-30-28-24(22)12-25(31-28)17-9-18-13-32(14-19(18)10-17)15-27(35)33-8-2-3-21(33)16-34/h4-7,9,11-12,18-19,21,34H,2-3,8,10,13-16H2,1H3,(H,30,31)/t18?,19?,21-/m0/s1. The minimum atomic E-state index is -0.308. The lowest BCUT2D eigenvalue weighted by Crippen LogP contribution is -2.43. The molecular formula is C28H31FN4O3. The number of aliphatic hydroxyl groups is 1. The highest BCUT2D eigenvalue weighted by Gasteiger charge is 2.38. The number of H-pyrrole nitrogens is 1. The maximum absolute atomic E-state index is 14.1. The van der Waals surface area contributed by atoms with Gasteiger partial charge >= 0.3 is 0 Å². The topological polar surface area (TPSA) is 81.7 Å². The maximum Gasteiger partial charge on any atom is 0.237 e. The molecule has 2 N–H and O–H groups in total. The second-order valence-corrected chi connectivity index (χ2v) is 10.2. The van der Waals surface area contributed by atoms with E-state index in [1.54, 1.807) is 19.4 Å². The number of amides is 1. The summed E-state index contributed by atoms with van der Waals surface area (Å²) in [4.78, 5) is 24.9. The Morgan fingerprint density at radius 2 is 2.14 bits per heavy atom. The maximum atomic E-state index is 14.1. The first-order valence-electron chi connectivity index (χ1n) is 12.7. The van der Waals surface area contributed by atoms with E-state index in [9.17, 15) is 14.3 Å². The Kier molecular flexibility index (Phi) is 6.01. The quantitative estimate of drug-likeness (QED) is 0.551. The Balaban J connectivity index is 1.20. The molecule has 7 nitrogen and oxygen atoms in total. The van der Waals surface area contributed by atoms with Gasteiger partial charge in [-0.3, -0.25) is 9.69 Å². The number of halogens is 1. The Labute approximate surface area is 209 Å². The van der Waals surface area contributed by atoms with Crippen LogP contribution in [0.25, 0.3) is 27.7 Å². The van der Waals surface area contributed by atoms with Gasteiger partial charge in [0.15, 0.2) is 0 Å². The molecule has 2 aromatic heterocycles. The largest absolute Gasteiger partial charge is 0.496 e. The number of nitrogens with zero attached hydrogens (tertiary/aromatic N) is 3. The molecule has 0 saturated carbocycles. The first-order chi connectivity index (χ1) is 17.5. The number of fused-ring (bicyclic) bond motifs is 2. The number of aromatic amines is 1. The van der Waals surface area contributed by atoms with Gasteiger partial charge in [0.1, 0.15) is 17.2 Å². The normalized spacial score (nSPS) is 23.9. The number of hydrogen-bond donors (Lipinski definition) is 2. The van der Waals surface area contributed by atoms with Gasteiger partial charge in [-0.1, -0.05) is 6.08 Å². The van der Waals surface area contributed by atoms with Gasteiger partial charge in [0, 0.05) is 42.5 Å². The molecule has 8 heteroatoms. The zero-order valence-corrected chi connectivity index (χ0v) is 20.4. The summed E-state index contributed by atoms with van der Waals surface area (Å²) < 4.78 is 19.6. The minimum Gasteiger partial charge on any atom is -0.496 e. The molecule has 2 saturated heterocycles. The SMILES string of the molecule is COc1ccc(F)cc1-c1ccnc2[nH]c(C3=CC4CN(CC(=O)N5CCC[C@H]5CO)CC4C3)cc12. The van der Waals surface area contributed by atoms with Crippen molar-refractivity contribution < 1.29 is 19.0 Å². The average molecular weight is 491 g/mol. The summed E-state index contributed by atoms with van der Waals surface area (Å²) in [5, 5.41) is 10.5. The Morgan fingerprint density at radius 1 is 1.25 bits per heavy atom. The van der Waals surface area contributed by atoms with Gasteiger partial charge in [-0.25, -0.2) is 9.37 Å². The molecule has 1 aliphatic carbocycles. The highest BCUT2D eigenvalue weighted by atomic mass is 19.1. The monoisotopic (exact) mass is 490 g/mol. The van der Waals surface area contributed by atoms with Crippen molar-refractivity contribution in [3.63, 3.8) is 0 Å². The molecule has 2 fully saturated rings. The van der Waals surface area contributed by atoms with Crippen LogP contribution in [-0.4, -0.2) is 76.7 Å². The van der Waals surface area contributed by atoms with E-state index < -0.39 is 0 Å². The number of carbonyl (C=O) groups is 1. The van der Waals surface area contributed by atoms with Gasteiger partial charge < -0.3 is 19.7 Å². The highest BCUT2D eigenvalue weighted by molar-refractivity contribution is 5.96. The van der Waals surface area contributed by atoms with E-state index in [2.05, 4.69) is 27.0 Å². The summed E-state index contributed by atoms with van der Waals surface area (Å²) >= 11 is 0. The number of rotatable bonds is 6. The molecule has 3 atom stereocenters. The molecule has 0 bridgehead atoms. The number of nitrogens with one attached hydrogen (secondary N) is 1. The Hall–Kier alpha value is -3.23. The van der Waals surface area contributed by atoms with Crippen molar-refractivity contribution in [3.8, 4) is 16.9 Å². The van der Waals surface area contributed by atoms with Crippen LogP contribution in [-0.2, 0) is 4.79 Å². The van der Waals surface area contributed by atoms with Crippen LogP contribution in [0, 0.1) is 17.7 Å². The molecule has 3 aromatic rings. The first kappa shape index (κ1) is 23.2. The van der Waals surface area contributed by atoms with Crippen molar-refractivity contribution in [2.75, 3.05) is 39.9 Å². The molecular weight excluding hydrogens is 459 g/mol. The predicted molar refractivity (Wildman–Crippen MR) is 136 cm³/mol. The van der Waals surface area contributed by atoms with E-state index in [4.69, 9.17) is 4.74 Å². The van der Waals surface area contributed by atoms with Gasteiger partial charge in [0.05, 0.1) is 26.3 Å². The smallest absolute Gasteiger partial charge is 0.237 e. The molecule has 36 heavy (non-hydrogen) atoms. The molecule has 1 aromatic carbocycles. The number of benzene rings is 1. The van der Waals surface area contributed by atoms with Crippen molar-refractivity contribution >= 4 is 22.5 Å². The zero-order chi connectivity index (χ0) is 24.8. The van der Waals surface area contributed by atoms with Crippen LogP contribution in [0.5, 0.6) is 5.75 Å². The lowest BCUT2D eigenvalue weighted by Gasteiger charge is -2.26. The van der Waals surface area contributed by atoms with Crippen LogP contribution in [0.3, 0.4) is 0 Å². The van der Waals surface area contributed by atoms with Gasteiger partial charge in [0.25, 0.3) is 0 Å². The molecule has 6 rings (SSSR count). The molecule has 2 unspecified atom stereocenters. The van der Waals surface area contributed by atoms with Crippen molar-refractivity contribution in [1.29, 1.82) is 0 Å². The van der Waals surface area contributed by atoms with Crippen LogP contribution in [0.1, 0.15) is 25.0 Å². The lowest BCUT2D eigenvalue weighted by atomic mass is 9.99. The third kappa shape index (κ3) is 4.08.